The largest absolute Gasteiger partial charge is 0.479 e. The van der Waals surface area contributed by atoms with Crippen molar-refractivity contribution < 1.29 is 19.4 Å². The number of amides is 1. The first-order valence-electron chi connectivity index (χ1n) is 7.61. The van der Waals surface area contributed by atoms with E-state index in [1.165, 1.54) is 39.2 Å². The predicted molar refractivity (Wildman–Crippen MR) is 76.4 cm³/mol. The van der Waals surface area contributed by atoms with Gasteiger partial charge in [0.15, 0.2) is 6.10 Å². The summed E-state index contributed by atoms with van der Waals surface area (Å²) in [4.78, 5) is 23.0. The molecule has 5 nitrogen and oxygen atoms in total. The van der Waals surface area contributed by atoms with E-state index in [4.69, 9.17) is 9.84 Å². The zero-order chi connectivity index (χ0) is 15.0. The lowest BCUT2D eigenvalue weighted by molar-refractivity contribution is -0.148. The van der Waals surface area contributed by atoms with Crippen LogP contribution in [0.1, 0.15) is 51.9 Å². The summed E-state index contributed by atoms with van der Waals surface area (Å²) in [6.45, 7) is 2.05. The Morgan fingerprint density at radius 1 is 1.30 bits per heavy atom. The highest BCUT2D eigenvalue weighted by atomic mass is 16.5. The fourth-order valence-corrected chi connectivity index (χ4v) is 2.89. The van der Waals surface area contributed by atoms with Crippen LogP contribution in [0.4, 0.5) is 0 Å². The molecule has 0 aromatic carbocycles. The molecule has 1 amide bonds. The van der Waals surface area contributed by atoms with Gasteiger partial charge in [0.25, 0.3) is 0 Å². The van der Waals surface area contributed by atoms with Crippen LogP contribution in [0.15, 0.2) is 0 Å². The minimum Gasteiger partial charge on any atom is -0.479 e. The molecule has 2 atom stereocenters. The van der Waals surface area contributed by atoms with Crippen molar-refractivity contribution >= 4 is 11.9 Å². The average molecular weight is 285 g/mol. The number of carboxylic acids is 1. The first-order valence-corrected chi connectivity index (χ1v) is 7.61. The van der Waals surface area contributed by atoms with Crippen LogP contribution in [0, 0.1) is 11.8 Å². The molecule has 1 aliphatic carbocycles. The average Bonchev–Trinajstić information content (AvgIpc) is 2.45. The van der Waals surface area contributed by atoms with E-state index in [2.05, 4.69) is 5.32 Å². The summed E-state index contributed by atoms with van der Waals surface area (Å²) in [6.07, 6.45) is 7.06. The number of aliphatic carboxylic acids is 1. The summed E-state index contributed by atoms with van der Waals surface area (Å²) in [5.41, 5.74) is 0. The van der Waals surface area contributed by atoms with Crippen molar-refractivity contribution in [1.29, 1.82) is 0 Å². The van der Waals surface area contributed by atoms with E-state index in [-0.39, 0.29) is 18.4 Å². The molecule has 0 aliphatic heterocycles. The van der Waals surface area contributed by atoms with Crippen molar-refractivity contribution in [3.8, 4) is 0 Å². The van der Waals surface area contributed by atoms with Crippen LogP contribution in [-0.2, 0) is 14.3 Å². The molecule has 0 heterocycles. The first-order chi connectivity index (χ1) is 9.58. The second kappa shape index (κ2) is 8.95. The van der Waals surface area contributed by atoms with E-state index in [9.17, 15) is 9.59 Å². The third-order valence-corrected chi connectivity index (χ3v) is 4.23. The third-order valence-electron chi connectivity index (χ3n) is 4.23. The standard InChI is InChI=1S/C15H27NO4/c1-3-12(9-11-7-5-4-6-8-11)14(17)16-10-13(20-2)15(18)19/h11-13H,3-10H2,1-2H3,(H,16,17)(H,18,19). The molecular formula is C15H27NO4. The highest BCUT2D eigenvalue weighted by Gasteiger charge is 2.24. The fraction of sp³-hybridized carbons (Fsp3) is 0.867. The maximum Gasteiger partial charge on any atom is 0.334 e. The van der Waals surface area contributed by atoms with E-state index in [0.29, 0.717) is 5.92 Å². The van der Waals surface area contributed by atoms with Gasteiger partial charge in [-0.2, -0.15) is 0 Å². The summed E-state index contributed by atoms with van der Waals surface area (Å²) in [5.74, 6) is -0.448. The molecule has 0 aromatic rings. The highest BCUT2D eigenvalue weighted by Crippen LogP contribution is 2.30. The molecule has 2 unspecified atom stereocenters. The van der Waals surface area contributed by atoms with Crippen LogP contribution in [0.25, 0.3) is 0 Å². The molecule has 2 N–H and O–H groups in total. The van der Waals surface area contributed by atoms with Gasteiger partial charge in [0, 0.05) is 13.0 Å². The van der Waals surface area contributed by atoms with Crippen molar-refractivity contribution in [3.63, 3.8) is 0 Å². The summed E-state index contributed by atoms with van der Waals surface area (Å²) in [5, 5.41) is 11.6. The molecule has 1 fully saturated rings. The van der Waals surface area contributed by atoms with Gasteiger partial charge in [0.2, 0.25) is 5.91 Å². The third kappa shape index (κ3) is 5.49. The zero-order valence-electron chi connectivity index (χ0n) is 12.6. The van der Waals surface area contributed by atoms with Crippen LogP contribution >= 0.6 is 0 Å². The molecule has 20 heavy (non-hydrogen) atoms. The van der Waals surface area contributed by atoms with Gasteiger partial charge in [0.1, 0.15) is 0 Å². The summed E-state index contributed by atoms with van der Waals surface area (Å²) in [6, 6.07) is 0. The maximum atomic E-state index is 12.1. The molecule has 1 rings (SSSR count). The Labute approximate surface area is 121 Å². The van der Waals surface area contributed by atoms with Gasteiger partial charge in [-0.3, -0.25) is 4.79 Å². The van der Waals surface area contributed by atoms with Crippen LogP contribution in [0.5, 0.6) is 0 Å². The number of carbonyl (C=O) groups excluding carboxylic acids is 1. The Hall–Kier alpha value is -1.10. The summed E-state index contributed by atoms with van der Waals surface area (Å²) in [7, 11) is 1.34. The Morgan fingerprint density at radius 2 is 1.95 bits per heavy atom. The van der Waals surface area contributed by atoms with E-state index >= 15 is 0 Å². The van der Waals surface area contributed by atoms with Gasteiger partial charge in [-0.1, -0.05) is 39.0 Å². The number of ether oxygens (including phenoxy) is 1. The fourth-order valence-electron chi connectivity index (χ4n) is 2.89. The summed E-state index contributed by atoms with van der Waals surface area (Å²) < 4.78 is 4.81. The van der Waals surface area contributed by atoms with Crippen LogP contribution in [0.2, 0.25) is 0 Å². The van der Waals surface area contributed by atoms with Crippen LogP contribution in [0.3, 0.4) is 0 Å². The molecular weight excluding hydrogens is 258 g/mol. The van der Waals surface area contributed by atoms with Crippen molar-refractivity contribution in [2.45, 2.75) is 58.0 Å². The highest BCUT2D eigenvalue weighted by molar-refractivity contribution is 5.80. The van der Waals surface area contributed by atoms with Gasteiger partial charge < -0.3 is 15.2 Å². The second-order valence-electron chi connectivity index (χ2n) is 5.65. The maximum absolute atomic E-state index is 12.1. The zero-order valence-corrected chi connectivity index (χ0v) is 12.6. The lowest BCUT2D eigenvalue weighted by atomic mass is 9.82. The van der Waals surface area contributed by atoms with Crippen LogP contribution < -0.4 is 5.32 Å². The van der Waals surface area contributed by atoms with Gasteiger partial charge in [-0.15, -0.1) is 0 Å². The second-order valence-corrected chi connectivity index (χ2v) is 5.65. The summed E-state index contributed by atoms with van der Waals surface area (Å²) >= 11 is 0. The van der Waals surface area contributed by atoms with Crippen molar-refractivity contribution in [3.05, 3.63) is 0 Å². The van der Waals surface area contributed by atoms with Crippen molar-refractivity contribution in [2.75, 3.05) is 13.7 Å². The molecule has 0 saturated heterocycles. The number of methoxy groups -OCH3 is 1. The molecule has 1 saturated carbocycles. The molecule has 5 heteroatoms. The van der Waals surface area contributed by atoms with Crippen molar-refractivity contribution in [2.24, 2.45) is 11.8 Å². The van der Waals surface area contributed by atoms with E-state index < -0.39 is 12.1 Å². The Balaban J connectivity index is 2.39. The van der Waals surface area contributed by atoms with E-state index in [0.717, 1.165) is 12.8 Å². The quantitative estimate of drug-likeness (QED) is 0.717. The minimum atomic E-state index is -1.05. The monoisotopic (exact) mass is 285 g/mol. The Morgan fingerprint density at radius 3 is 2.45 bits per heavy atom. The number of hydrogen-bond donors (Lipinski definition) is 2. The Kier molecular flexibility index (Phi) is 7.59. The lowest BCUT2D eigenvalue weighted by Gasteiger charge is -2.25. The number of carboxylic acid groups (broad SMARTS) is 1. The predicted octanol–water partition coefficient (Wildman–Crippen LogP) is 2.20. The number of nitrogens with one attached hydrogen (secondary N) is 1. The lowest BCUT2D eigenvalue weighted by Crippen LogP contribution is -2.40. The normalized spacial score (nSPS) is 19.3. The van der Waals surface area contributed by atoms with Crippen molar-refractivity contribution in [1.82, 2.24) is 5.32 Å². The van der Waals surface area contributed by atoms with Gasteiger partial charge >= 0.3 is 5.97 Å². The van der Waals surface area contributed by atoms with Crippen LogP contribution in [-0.4, -0.2) is 36.7 Å². The first kappa shape index (κ1) is 17.0. The molecule has 0 radical (unpaired) electrons. The molecule has 0 bridgehead atoms. The van der Waals surface area contributed by atoms with Gasteiger partial charge in [-0.05, 0) is 18.8 Å². The van der Waals surface area contributed by atoms with Gasteiger partial charge in [0.05, 0.1) is 6.54 Å². The number of rotatable bonds is 8. The number of hydrogen-bond acceptors (Lipinski definition) is 3. The van der Waals surface area contributed by atoms with E-state index in [1.54, 1.807) is 0 Å². The SMILES string of the molecule is CCC(CC1CCCCC1)C(=O)NCC(OC)C(=O)O. The molecule has 0 aromatic heterocycles. The molecule has 1 aliphatic rings. The minimum absolute atomic E-state index is 0.00981. The molecule has 0 spiro atoms. The van der Waals surface area contributed by atoms with Gasteiger partial charge in [-0.25, -0.2) is 4.79 Å². The number of carbonyl (C=O) groups is 2. The topological polar surface area (TPSA) is 75.6 Å². The smallest absolute Gasteiger partial charge is 0.334 e. The molecule has 116 valence electrons. The Bertz CT molecular complexity index is 313. The van der Waals surface area contributed by atoms with E-state index in [1.807, 2.05) is 6.92 Å².